The second kappa shape index (κ2) is 10.5. The monoisotopic (exact) mass is 556 g/mol. The Hall–Kier alpha value is -3.10. The van der Waals surface area contributed by atoms with E-state index in [2.05, 4.69) is 36.9 Å². The summed E-state index contributed by atoms with van der Waals surface area (Å²) in [6, 6.07) is 15.4. The van der Waals surface area contributed by atoms with Crippen molar-refractivity contribution in [2.24, 2.45) is 4.99 Å². The van der Waals surface area contributed by atoms with Crippen molar-refractivity contribution < 1.29 is 14.5 Å². The lowest BCUT2D eigenvalue weighted by Gasteiger charge is -2.08. The average Bonchev–Trinajstić information content (AvgIpc) is 2.76. The molecule has 32 heavy (non-hydrogen) atoms. The molecule has 0 spiro atoms. The minimum absolute atomic E-state index is 0.0150. The number of aliphatic imine (C=N–C) groups is 1. The van der Waals surface area contributed by atoms with E-state index in [4.69, 9.17) is 4.74 Å². The molecule has 0 aliphatic rings. The van der Waals surface area contributed by atoms with Crippen molar-refractivity contribution in [3.05, 3.63) is 102 Å². The maximum absolute atomic E-state index is 12.2. The number of aryl methyl sites for hydroxylation is 1. The predicted octanol–water partition coefficient (Wildman–Crippen LogP) is 7.11. The highest BCUT2D eigenvalue weighted by Gasteiger charge is 2.12. The standard InChI is InChI=1S/C24H18Br2N2O4/c1-15-4-3-5-22(16(15)2)27-14-18-12-20(25)24(21(26)13-18)32-23(29)11-8-17-6-9-19(10-7-17)28(30)31/h3-14H,1-2H3/b11-8+,27-14?. The van der Waals surface area contributed by atoms with Gasteiger partial charge in [-0.05, 0) is 104 Å². The van der Waals surface area contributed by atoms with Crippen molar-refractivity contribution in [3.63, 3.8) is 0 Å². The molecular formula is C24H18Br2N2O4. The van der Waals surface area contributed by atoms with Gasteiger partial charge < -0.3 is 4.74 Å². The second-order valence-electron chi connectivity index (χ2n) is 6.89. The Labute approximate surface area is 202 Å². The lowest BCUT2D eigenvalue weighted by molar-refractivity contribution is -0.384. The first-order valence-corrected chi connectivity index (χ1v) is 11.1. The number of nitro groups is 1. The summed E-state index contributed by atoms with van der Waals surface area (Å²) in [5, 5.41) is 10.7. The molecule has 8 heteroatoms. The summed E-state index contributed by atoms with van der Waals surface area (Å²) in [5.41, 5.74) is 4.63. The van der Waals surface area contributed by atoms with Crippen LogP contribution in [0, 0.1) is 24.0 Å². The zero-order chi connectivity index (χ0) is 23.3. The van der Waals surface area contributed by atoms with Crippen molar-refractivity contribution in [2.45, 2.75) is 13.8 Å². The smallest absolute Gasteiger partial charge is 0.336 e. The van der Waals surface area contributed by atoms with Crippen molar-refractivity contribution in [2.75, 3.05) is 0 Å². The van der Waals surface area contributed by atoms with Crippen molar-refractivity contribution >= 4 is 61.5 Å². The van der Waals surface area contributed by atoms with Crippen LogP contribution in [0.1, 0.15) is 22.3 Å². The molecule has 0 saturated carbocycles. The third kappa shape index (κ3) is 5.99. The van der Waals surface area contributed by atoms with Gasteiger partial charge in [-0.1, -0.05) is 12.1 Å². The molecule has 6 nitrogen and oxygen atoms in total. The molecule has 0 aliphatic carbocycles. The van der Waals surface area contributed by atoms with E-state index < -0.39 is 10.9 Å². The first-order chi connectivity index (χ1) is 15.2. The molecule has 0 unspecified atom stereocenters. The van der Waals surface area contributed by atoms with Crippen LogP contribution in [0.3, 0.4) is 0 Å². The molecule has 0 amide bonds. The van der Waals surface area contributed by atoms with Gasteiger partial charge in [-0.25, -0.2) is 4.79 Å². The highest BCUT2D eigenvalue weighted by Crippen LogP contribution is 2.35. The first-order valence-electron chi connectivity index (χ1n) is 9.48. The molecule has 0 atom stereocenters. The zero-order valence-electron chi connectivity index (χ0n) is 17.2. The van der Waals surface area contributed by atoms with Gasteiger partial charge in [0.25, 0.3) is 5.69 Å². The van der Waals surface area contributed by atoms with Gasteiger partial charge >= 0.3 is 5.97 Å². The van der Waals surface area contributed by atoms with E-state index in [1.807, 2.05) is 44.2 Å². The summed E-state index contributed by atoms with van der Waals surface area (Å²) >= 11 is 6.88. The number of hydrogen-bond acceptors (Lipinski definition) is 5. The Morgan fingerprint density at radius 3 is 2.31 bits per heavy atom. The van der Waals surface area contributed by atoms with Crippen LogP contribution >= 0.6 is 31.9 Å². The van der Waals surface area contributed by atoms with Crippen molar-refractivity contribution in [1.29, 1.82) is 0 Å². The predicted molar refractivity (Wildman–Crippen MR) is 133 cm³/mol. The number of benzene rings is 3. The Morgan fingerprint density at radius 1 is 1.03 bits per heavy atom. The number of carbonyl (C=O) groups is 1. The number of carbonyl (C=O) groups excluding carboxylic acids is 1. The quantitative estimate of drug-likeness (QED) is 0.0807. The van der Waals surface area contributed by atoms with E-state index in [0.29, 0.717) is 20.3 Å². The third-order valence-corrected chi connectivity index (χ3v) is 5.85. The van der Waals surface area contributed by atoms with Crippen LogP contribution in [0.15, 0.2) is 74.6 Å². The highest BCUT2D eigenvalue weighted by molar-refractivity contribution is 9.11. The summed E-state index contributed by atoms with van der Waals surface area (Å²) in [4.78, 5) is 27.0. The van der Waals surface area contributed by atoms with Crippen LogP contribution in [-0.4, -0.2) is 17.1 Å². The molecule has 0 aromatic heterocycles. The molecule has 0 fully saturated rings. The minimum Gasteiger partial charge on any atom is -0.421 e. The first kappa shape index (κ1) is 23.6. The largest absolute Gasteiger partial charge is 0.421 e. The number of hydrogen-bond donors (Lipinski definition) is 0. The topological polar surface area (TPSA) is 81.8 Å². The van der Waals surface area contributed by atoms with Gasteiger partial charge in [-0.2, -0.15) is 0 Å². The highest BCUT2D eigenvalue weighted by atomic mass is 79.9. The number of ether oxygens (including phenoxy) is 1. The minimum atomic E-state index is -0.582. The molecule has 0 bridgehead atoms. The van der Waals surface area contributed by atoms with Gasteiger partial charge in [0.05, 0.1) is 19.6 Å². The SMILES string of the molecule is Cc1cccc(N=Cc2cc(Br)c(OC(=O)/C=C/c3ccc([N+](=O)[O-])cc3)c(Br)c2)c1C. The van der Waals surface area contributed by atoms with Crippen LogP contribution in [0.25, 0.3) is 6.08 Å². The van der Waals surface area contributed by atoms with Gasteiger partial charge in [-0.15, -0.1) is 0 Å². The fourth-order valence-corrected chi connectivity index (χ4v) is 4.16. The van der Waals surface area contributed by atoms with E-state index in [1.165, 1.54) is 29.8 Å². The van der Waals surface area contributed by atoms with E-state index >= 15 is 0 Å². The van der Waals surface area contributed by atoms with E-state index in [-0.39, 0.29) is 5.69 Å². The summed E-state index contributed by atoms with van der Waals surface area (Å²) < 4.78 is 6.62. The number of rotatable bonds is 6. The van der Waals surface area contributed by atoms with E-state index in [9.17, 15) is 14.9 Å². The summed E-state index contributed by atoms with van der Waals surface area (Å²) in [7, 11) is 0. The summed E-state index contributed by atoms with van der Waals surface area (Å²) in [6.45, 7) is 4.07. The van der Waals surface area contributed by atoms with Crippen LogP contribution in [0.2, 0.25) is 0 Å². The number of halogens is 2. The molecule has 3 aromatic rings. The van der Waals surface area contributed by atoms with Gasteiger partial charge in [0.2, 0.25) is 0 Å². The normalized spacial score (nSPS) is 11.2. The Bertz CT molecular complexity index is 1210. The van der Waals surface area contributed by atoms with Crippen LogP contribution in [0.4, 0.5) is 11.4 Å². The van der Waals surface area contributed by atoms with Crippen LogP contribution < -0.4 is 4.74 Å². The average molecular weight is 558 g/mol. The molecule has 0 radical (unpaired) electrons. The molecule has 0 aliphatic heterocycles. The summed E-state index contributed by atoms with van der Waals surface area (Å²) in [6.07, 6.45) is 4.53. The third-order valence-electron chi connectivity index (χ3n) is 4.67. The lowest BCUT2D eigenvalue weighted by Crippen LogP contribution is -2.05. The fraction of sp³-hybridized carbons (Fsp3) is 0.0833. The lowest BCUT2D eigenvalue weighted by atomic mass is 10.1. The number of nitro benzene ring substituents is 1. The molecule has 162 valence electrons. The van der Waals surface area contributed by atoms with Crippen molar-refractivity contribution in [3.8, 4) is 5.75 Å². The molecule has 0 N–H and O–H groups in total. The Morgan fingerprint density at radius 2 is 1.69 bits per heavy atom. The van der Waals surface area contributed by atoms with Gasteiger partial charge in [0, 0.05) is 24.4 Å². The maximum atomic E-state index is 12.2. The number of non-ortho nitro benzene ring substituents is 1. The van der Waals surface area contributed by atoms with Crippen molar-refractivity contribution in [1.82, 2.24) is 0 Å². The summed E-state index contributed by atoms with van der Waals surface area (Å²) in [5.74, 6) is -0.242. The van der Waals surface area contributed by atoms with E-state index in [0.717, 1.165) is 16.8 Å². The molecule has 0 saturated heterocycles. The molecule has 3 rings (SSSR count). The number of esters is 1. The fourth-order valence-electron chi connectivity index (χ4n) is 2.78. The maximum Gasteiger partial charge on any atom is 0.336 e. The molecular weight excluding hydrogens is 540 g/mol. The Balaban J connectivity index is 1.72. The van der Waals surface area contributed by atoms with Crippen LogP contribution in [-0.2, 0) is 4.79 Å². The molecule has 3 aromatic carbocycles. The number of nitrogens with zero attached hydrogens (tertiary/aromatic N) is 2. The second-order valence-corrected chi connectivity index (χ2v) is 8.60. The van der Waals surface area contributed by atoms with Gasteiger partial charge in [0.15, 0.2) is 5.75 Å². The zero-order valence-corrected chi connectivity index (χ0v) is 20.4. The van der Waals surface area contributed by atoms with Gasteiger partial charge in [0.1, 0.15) is 0 Å². The Kier molecular flexibility index (Phi) is 7.71. The van der Waals surface area contributed by atoms with Crippen LogP contribution in [0.5, 0.6) is 5.75 Å². The van der Waals surface area contributed by atoms with E-state index in [1.54, 1.807) is 18.3 Å². The van der Waals surface area contributed by atoms with Gasteiger partial charge in [-0.3, -0.25) is 15.1 Å². The molecule has 0 heterocycles.